The van der Waals surface area contributed by atoms with Crippen LogP contribution in [0.2, 0.25) is 0 Å². The van der Waals surface area contributed by atoms with Gasteiger partial charge in [-0.3, -0.25) is 4.79 Å². The first-order valence-corrected chi connectivity index (χ1v) is 5.01. The quantitative estimate of drug-likeness (QED) is 0.473. The largest absolute Gasteiger partial charge is 0.355 e. The molecule has 1 N–H and O–H groups in total. The maximum absolute atomic E-state index is 11.1. The summed E-state index contributed by atoms with van der Waals surface area (Å²) in [6.07, 6.45) is 10.9. The zero-order valence-electron chi connectivity index (χ0n) is 8.44. The van der Waals surface area contributed by atoms with E-state index in [1.54, 1.807) is 0 Å². The van der Waals surface area contributed by atoms with Crippen LogP contribution in [0.25, 0.3) is 0 Å². The van der Waals surface area contributed by atoms with E-state index >= 15 is 0 Å². The lowest BCUT2D eigenvalue weighted by Gasteiger charge is -2.01. The highest BCUT2D eigenvalue weighted by atomic mass is 16.1. The highest BCUT2D eigenvalue weighted by Gasteiger charge is 1.98. The second kappa shape index (κ2) is 9.12. The van der Waals surface area contributed by atoms with Crippen LogP contribution in [-0.2, 0) is 4.79 Å². The zero-order valence-corrected chi connectivity index (χ0v) is 8.44. The van der Waals surface area contributed by atoms with Crippen LogP contribution in [-0.4, -0.2) is 12.5 Å². The van der Waals surface area contributed by atoms with Gasteiger partial charge in [0.15, 0.2) is 0 Å². The highest BCUT2D eigenvalue weighted by Crippen LogP contribution is 2.01. The molecule has 0 aromatic heterocycles. The number of hydrogen-bond donors (Lipinski definition) is 1. The molecule has 0 radical (unpaired) electrons. The number of terminal acetylenes is 1. The molecule has 0 saturated carbocycles. The Morgan fingerprint density at radius 3 is 2.77 bits per heavy atom. The lowest BCUT2D eigenvalue weighted by Crippen LogP contribution is -2.23. The smallest absolute Gasteiger partial charge is 0.220 e. The Kier molecular flexibility index (Phi) is 8.44. The van der Waals surface area contributed by atoms with Gasteiger partial charge in [-0.1, -0.05) is 26.2 Å². The zero-order chi connectivity index (χ0) is 9.94. The average molecular weight is 181 g/mol. The third-order valence-electron chi connectivity index (χ3n) is 1.85. The summed E-state index contributed by atoms with van der Waals surface area (Å²) in [5, 5.41) is 2.78. The van der Waals surface area contributed by atoms with Crippen molar-refractivity contribution < 1.29 is 4.79 Å². The van der Waals surface area contributed by atoms with Crippen LogP contribution in [0.3, 0.4) is 0 Å². The van der Waals surface area contributed by atoms with Crippen LogP contribution in [0.15, 0.2) is 0 Å². The third-order valence-corrected chi connectivity index (χ3v) is 1.85. The van der Waals surface area contributed by atoms with Gasteiger partial charge < -0.3 is 5.32 Å². The highest BCUT2D eigenvalue weighted by molar-refractivity contribution is 5.75. The molecule has 0 bridgehead atoms. The van der Waals surface area contributed by atoms with Crippen molar-refractivity contribution in [3.63, 3.8) is 0 Å². The number of nitrogens with one attached hydrogen (secondary N) is 1. The Labute approximate surface area is 81.1 Å². The van der Waals surface area contributed by atoms with Crippen molar-refractivity contribution in [3.05, 3.63) is 0 Å². The van der Waals surface area contributed by atoms with Crippen molar-refractivity contribution in [3.8, 4) is 12.3 Å². The Hall–Kier alpha value is -0.970. The Bertz CT molecular complexity index is 169. The SMILES string of the molecule is C#CCCNC(=O)CCCCCC. The molecule has 1 amide bonds. The van der Waals surface area contributed by atoms with E-state index in [9.17, 15) is 4.79 Å². The number of amides is 1. The predicted molar refractivity (Wildman–Crippen MR) is 55.2 cm³/mol. The standard InChI is InChI=1S/C11H19NO/c1-3-5-7-8-9-11(13)12-10-6-4-2/h2H,3,5-10H2,1H3,(H,12,13). The van der Waals surface area contributed by atoms with Gasteiger partial charge in [0.1, 0.15) is 0 Å². The summed E-state index contributed by atoms with van der Waals surface area (Å²) >= 11 is 0. The molecule has 0 unspecified atom stereocenters. The van der Waals surface area contributed by atoms with E-state index in [2.05, 4.69) is 18.2 Å². The van der Waals surface area contributed by atoms with Gasteiger partial charge in [-0.25, -0.2) is 0 Å². The van der Waals surface area contributed by atoms with E-state index in [0.29, 0.717) is 19.4 Å². The van der Waals surface area contributed by atoms with Gasteiger partial charge in [-0.15, -0.1) is 12.3 Å². The van der Waals surface area contributed by atoms with Gasteiger partial charge in [0.25, 0.3) is 0 Å². The number of hydrogen-bond acceptors (Lipinski definition) is 1. The summed E-state index contributed by atoms with van der Waals surface area (Å²) in [7, 11) is 0. The minimum absolute atomic E-state index is 0.131. The van der Waals surface area contributed by atoms with E-state index in [-0.39, 0.29) is 5.91 Å². The molecule has 74 valence electrons. The first-order chi connectivity index (χ1) is 6.31. The molecule has 2 nitrogen and oxygen atoms in total. The van der Waals surface area contributed by atoms with Gasteiger partial charge in [0.2, 0.25) is 5.91 Å². The Balaban J connectivity index is 3.16. The van der Waals surface area contributed by atoms with E-state index in [4.69, 9.17) is 6.42 Å². The molecule has 0 aliphatic rings. The summed E-state index contributed by atoms with van der Waals surface area (Å²) in [5.41, 5.74) is 0. The van der Waals surface area contributed by atoms with E-state index < -0.39 is 0 Å². The van der Waals surface area contributed by atoms with Crippen molar-refractivity contribution in [2.24, 2.45) is 0 Å². The third kappa shape index (κ3) is 8.94. The lowest BCUT2D eigenvalue weighted by molar-refractivity contribution is -0.121. The van der Waals surface area contributed by atoms with Gasteiger partial charge >= 0.3 is 0 Å². The molecule has 0 aromatic carbocycles. The van der Waals surface area contributed by atoms with Gasteiger partial charge in [0.05, 0.1) is 0 Å². The van der Waals surface area contributed by atoms with Crippen molar-refractivity contribution in [2.45, 2.75) is 45.4 Å². The van der Waals surface area contributed by atoms with E-state index in [0.717, 1.165) is 12.8 Å². The van der Waals surface area contributed by atoms with Crippen LogP contribution in [0.1, 0.15) is 45.4 Å². The topological polar surface area (TPSA) is 29.1 Å². The van der Waals surface area contributed by atoms with E-state index in [1.165, 1.54) is 12.8 Å². The fourth-order valence-corrected chi connectivity index (χ4v) is 1.07. The van der Waals surface area contributed by atoms with Crippen LogP contribution in [0.5, 0.6) is 0 Å². The number of unbranched alkanes of at least 4 members (excludes halogenated alkanes) is 3. The van der Waals surface area contributed by atoms with Gasteiger partial charge in [-0.2, -0.15) is 0 Å². The molecular weight excluding hydrogens is 162 g/mol. The molecule has 2 heteroatoms. The minimum atomic E-state index is 0.131. The van der Waals surface area contributed by atoms with Crippen LogP contribution in [0, 0.1) is 12.3 Å². The number of carbonyl (C=O) groups is 1. The van der Waals surface area contributed by atoms with Crippen molar-refractivity contribution in [1.29, 1.82) is 0 Å². The molecule has 0 aliphatic carbocycles. The Morgan fingerprint density at radius 2 is 2.15 bits per heavy atom. The lowest BCUT2D eigenvalue weighted by atomic mass is 10.1. The summed E-state index contributed by atoms with van der Waals surface area (Å²) in [6, 6.07) is 0. The van der Waals surface area contributed by atoms with Crippen molar-refractivity contribution in [2.75, 3.05) is 6.54 Å². The van der Waals surface area contributed by atoms with Crippen molar-refractivity contribution >= 4 is 5.91 Å². The normalized spacial score (nSPS) is 9.23. The molecule has 0 rings (SSSR count). The summed E-state index contributed by atoms with van der Waals surface area (Å²) in [4.78, 5) is 11.1. The summed E-state index contributed by atoms with van der Waals surface area (Å²) in [5.74, 6) is 2.62. The minimum Gasteiger partial charge on any atom is -0.355 e. The molecule has 0 aromatic rings. The van der Waals surface area contributed by atoms with Crippen LogP contribution >= 0.6 is 0 Å². The second-order valence-electron chi connectivity index (χ2n) is 3.11. The molecular formula is C11H19NO. The first-order valence-electron chi connectivity index (χ1n) is 5.01. The van der Waals surface area contributed by atoms with E-state index in [1.807, 2.05) is 0 Å². The summed E-state index contributed by atoms with van der Waals surface area (Å²) in [6.45, 7) is 2.77. The number of rotatable bonds is 7. The van der Waals surface area contributed by atoms with Gasteiger partial charge in [0, 0.05) is 19.4 Å². The van der Waals surface area contributed by atoms with Crippen LogP contribution in [0.4, 0.5) is 0 Å². The maximum atomic E-state index is 11.1. The fraction of sp³-hybridized carbons (Fsp3) is 0.727. The summed E-state index contributed by atoms with van der Waals surface area (Å²) < 4.78 is 0. The van der Waals surface area contributed by atoms with Crippen molar-refractivity contribution in [1.82, 2.24) is 5.32 Å². The molecule has 0 saturated heterocycles. The molecule has 0 spiro atoms. The number of carbonyl (C=O) groups excluding carboxylic acids is 1. The fourth-order valence-electron chi connectivity index (χ4n) is 1.07. The molecule has 13 heavy (non-hydrogen) atoms. The molecule has 0 aliphatic heterocycles. The predicted octanol–water partition coefficient (Wildman–Crippen LogP) is 2.10. The Morgan fingerprint density at radius 1 is 1.38 bits per heavy atom. The average Bonchev–Trinajstić information content (AvgIpc) is 2.13. The first kappa shape index (κ1) is 12.0. The maximum Gasteiger partial charge on any atom is 0.220 e. The van der Waals surface area contributed by atoms with Gasteiger partial charge in [-0.05, 0) is 6.42 Å². The molecule has 0 heterocycles. The second-order valence-corrected chi connectivity index (χ2v) is 3.11. The molecule has 0 atom stereocenters. The molecule has 0 fully saturated rings. The van der Waals surface area contributed by atoms with Crippen LogP contribution < -0.4 is 5.32 Å². The monoisotopic (exact) mass is 181 g/mol.